The number of furan rings is 1. The summed E-state index contributed by atoms with van der Waals surface area (Å²) in [5, 5.41) is 5.83. The molecule has 128 valence electrons. The molecule has 0 aromatic carbocycles. The van der Waals surface area contributed by atoms with E-state index in [1.807, 2.05) is 0 Å². The first-order chi connectivity index (χ1) is 9.80. The molecule has 9 heteroatoms. The maximum absolute atomic E-state index is 12.0. The van der Waals surface area contributed by atoms with Gasteiger partial charge in [0.2, 0.25) is 10.0 Å². The second-order valence-electron chi connectivity index (χ2n) is 4.82. The van der Waals surface area contributed by atoms with Gasteiger partial charge in [-0.25, -0.2) is 12.7 Å². The van der Waals surface area contributed by atoms with Crippen LogP contribution in [0.4, 0.5) is 0 Å². The summed E-state index contributed by atoms with van der Waals surface area (Å²) in [6.07, 6.45) is 1.02. The monoisotopic (exact) mass is 353 g/mol. The minimum atomic E-state index is -3.61. The van der Waals surface area contributed by atoms with Crippen molar-refractivity contribution in [3.63, 3.8) is 0 Å². The molecule has 7 nitrogen and oxygen atoms in total. The normalized spacial score (nSPS) is 11.3. The Labute approximate surface area is 137 Å². The first-order valence-corrected chi connectivity index (χ1v) is 8.26. The molecule has 0 bridgehead atoms. The van der Waals surface area contributed by atoms with Gasteiger partial charge in [-0.3, -0.25) is 4.79 Å². The molecule has 22 heavy (non-hydrogen) atoms. The number of sulfonamides is 1. The van der Waals surface area contributed by atoms with Crippen LogP contribution in [0.15, 0.2) is 15.4 Å². The van der Waals surface area contributed by atoms with Crippen LogP contribution in [-0.2, 0) is 10.0 Å². The molecule has 0 aliphatic rings. The number of hydrogen-bond donors (Lipinski definition) is 2. The topological polar surface area (TPSA) is 91.6 Å². The van der Waals surface area contributed by atoms with Gasteiger partial charge < -0.3 is 15.1 Å². The van der Waals surface area contributed by atoms with Crippen LogP contribution in [0.25, 0.3) is 0 Å². The van der Waals surface area contributed by atoms with Crippen molar-refractivity contribution in [1.82, 2.24) is 14.9 Å². The fourth-order valence-corrected chi connectivity index (χ4v) is 2.74. The predicted molar refractivity (Wildman–Crippen MR) is 87.1 cm³/mol. The first-order valence-electron chi connectivity index (χ1n) is 6.82. The van der Waals surface area contributed by atoms with Crippen LogP contribution in [0, 0.1) is 6.92 Å². The van der Waals surface area contributed by atoms with E-state index in [2.05, 4.69) is 17.6 Å². The van der Waals surface area contributed by atoms with Gasteiger partial charge in [-0.2, -0.15) is 0 Å². The molecule has 0 saturated heterocycles. The number of nitrogens with one attached hydrogen (secondary N) is 2. The summed E-state index contributed by atoms with van der Waals surface area (Å²) in [4.78, 5) is 11.9. The van der Waals surface area contributed by atoms with Gasteiger partial charge in [0.1, 0.15) is 10.7 Å². The number of carbonyl (C=O) groups is 1. The molecule has 0 saturated carbocycles. The molecular formula is C13H24ClN3O4S. The van der Waals surface area contributed by atoms with Crippen molar-refractivity contribution in [2.75, 3.05) is 33.7 Å². The lowest BCUT2D eigenvalue weighted by Crippen LogP contribution is -2.31. The number of halogens is 1. The zero-order valence-electron chi connectivity index (χ0n) is 13.3. The summed E-state index contributed by atoms with van der Waals surface area (Å²) in [6, 6.07) is 1.26. The number of nitrogens with zero attached hydrogens (tertiary/aromatic N) is 1. The molecular weight excluding hydrogens is 330 g/mol. The van der Waals surface area contributed by atoms with Crippen LogP contribution >= 0.6 is 12.4 Å². The van der Waals surface area contributed by atoms with Crippen molar-refractivity contribution in [2.24, 2.45) is 0 Å². The van der Waals surface area contributed by atoms with E-state index < -0.39 is 15.9 Å². The molecule has 1 rings (SSSR count). The third-order valence-corrected chi connectivity index (χ3v) is 4.79. The quantitative estimate of drug-likeness (QED) is 0.680. The first kappa shape index (κ1) is 20.9. The Morgan fingerprint density at radius 3 is 2.45 bits per heavy atom. The van der Waals surface area contributed by atoms with Gasteiger partial charge >= 0.3 is 0 Å². The van der Waals surface area contributed by atoms with Crippen LogP contribution in [0.1, 0.15) is 29.7 Å². The summed E-state index contributed by atoms with van der Waals surface area (Å²) < 4.78 is 30.4. The smallest absolute Gasteiger partial charge is 0.287 e. The average Bonchev–Trinajstić information content (AvgIpc) is 2.81. The number of amides is 1. The Balaban J connectivity index is 0.00000441. The molecule has 2 N–H and O–H groups in total. The molecule has 0 radical (unpaired) electrons. The van der Waals surface area contributed by atoms with E-state index in [4.69, 9.17) is 4.42 Å². The Morgan fingerprint density at radius 1 is 1.27 bits per heavy atom. The molecule has 1 aromatic rings. The van der Waals surface area contributed by atoms with Gasteiger partial charge in [-0.05, 0) is 19.9 Å². The maximum atomic E-state index is 12.0. The van der Waals surface area contributed by atoms with Crippen molar-refractivity contribution >= 4 is 28.3 Å². The van der Waals surface area contributed by atoms with Crippen molar-refractivity contribution in [3.05, 3.63) is 17.6 Å². The fourth-order valence-electron chi connectivity index (χ4n) is 1.68. The number of rotatable bonds is 8. The molecule has 1 heterocycles. The average molecular weight is 354 g/mol. The van der Waals surface area contributed by atoms with Crippen LogP contribution in [0.2, 0.25) is 0 Å². The molecule has 0 atom stereocenters. The van der Waals surface area contributed by atoms with Gasteiger partial charge in [0, 0.05) is 33.3 Å². The fraction of sp³-hybridized carbons (Fsp3) is 0.615. The number of hydrogen-bond acceptors (Lipinski definition) is 5. The van der Waals surface area contributed by atoms with Crippen molar-refractivity contribution in [3.8, 4) is 0 Å². The lowest BCUT2D eigenvalue weighted by Gasteiger charge is -2.09. The van der Waals surface area contributed by atoms with E-state index in [1.54, 1.807) is 0 Å². The summed E-state index contributed by atoms with van der Waals surface area (Å²) in [5.74, 6) is -0.210. The molecule has 0 spiro atoms. The van der Waals surface area contributed by atoms with Crippen molar-refractivity contribution in [1.29, 1.82) is 0 Å². The minimum absolute atomic E-state index is 0. The molecule has 1 amide bonds. The lowest BCUT2D eigenvalue weighted by molar-refractivity contribution is 0.0925. The Bertz CT molecular complexity index is 584. The van der Waals surface area contributed by atoms with Crippen molar-refractivity contribution in [2.45, 2.75) is 25.2 Å². The Hall–Kier alpha value is -1.09. The van der Waals surface area contributed by atoms with Gasteiger partial charge in [-0.1, -0.05) is 6.92 Å². The minimum Gasteiger partial charge on any atom is -0.455 e. The SMILES string of the molecule is CCCNCCNC(=O)c1cc(S(=O)(=O)N(C)C)c(C)o1.Cl. The van der Waals surface area contributed by atoms with Crippen LogP contribution < -0.4 is 10.6 Å². The summed E-state index contributed by atoms with van der Waals surface area (Å²) >= 11 is 0. The zero-order valence-corrected chi connectivity index (χ0v) is 14.9. The predicted octanol–water partition coefficient (Wildman–Crippen LogP) is 0.990. The summed E-state index contributed by atoms with van der Waals surface area (Å²) in [6.45, 7) is 5.58. The highest BCUT2D eigenvalue weighted by Gasteiger charge is 2.25. The second kappa shape index (κ2) is 9.14. The van der Waals surface area contributed by atoms with Gasteiger partial charge in [0.05, 0.1) is 0 Å². The largest absolute Gasteiger partial charge is 0.455 e. The van der Waals surface area contributed by atoms with E-state index >= 15 is 0 Å². The van der Waals surface area contributed by atoms with Crippen LogP contribution in [0.3, 0.4) is 0 Å². The molecule has 0 unspecified atom stereocenters. The van der Waals surface area contributed by atoms with Gasteiger partial charge in [0.15, 0.2) is 5.76 Å². The van der Waals surface area contributed by atoms with Gasteiger partial charge in [-0.15, -0.1) is 12.4 Å². The highest BCUT2D eigenvalue weighted by molar-refractivity contribution is 7.89. The van der Waals surface area contributed by atoms with Crippen molar-refractivity contribution < 1.29 is 17.6 Å². The Morgan fingerprint density at radius 2 is 1.91 bits per heavy atom. The molecule has 0 fully saturated rings. The van der Waals surface area contributed by atoms with E-state index in [-0.39, 0.29) is 28.8 Å². The second-order valence-corrected chi connectivity index (χ2v) is 6.94. The van der Waals surface area contributed by atoms with Gasteiger partial charge in [0.25, 0.3) is 5.91 Å². The third-order valence-electron chi connectivity index (χ3n) is 2.87. The van der Waals surface area contributed by atoms with Crippen LogP contribution in [-0.4, -0.2) is 52.4 Å². The third kappa shape index (κ3) is 5.28. The summed E-state index contributed by atoms with van der Waals surface area (Å²) in [5.41, 5.74) is 0. The number of aryl methyl sites for hydroxylation is 1. The van der Waals surface area contributed by atoms with E-state index in [1.165, 1.54) is 27.1 Å². The highest BCUT2D eigenvalue weighted by Crippen LogP contribution is 2.22. The van der Waals surface area contributed by atoms with Crippen LogP contribution in [0.5, 0.6) is 0 Å². The molecule has 1 aromatic heterocycles. The molecule has 0 aliphatic heterocycles. The summed E-state index contributed by atoms with van der Waals surface area (Å²) in [7, 11) is -0.743. The zero-order chi connectivity index (χ0) is 16.0. The Kier molecular flexibility index (Phi) is 8.69. The standard InChI is InChI=1S/C13H23N3O4S.ClH/c1-5-6-14-7-8-15-13(17)11-9-12(10(2)20-11)21(18,19)16(3)4;/h9,14H,5-8H2,1-4H3,(H,15,17);1H. The highest BCUT2D eigenvalue weighted by atomic mass is 35.5. The van der Waals surface area contributed by atoms with E-state index in [0.29, 0.717) is 13.1 Å². The lowest BCUT2D eigenvalue weighted by atomic mass is 10.4. The molecule has 0 aliphatic carbocycles. The maximum Gasteiger partial charge on any atom is 0.287 e. The van der Waals surface area contributed by atoms with E-state index in [9.17, 15) is 13.2 Å². The number of carbonyl (C=O) groups excluding carboxylic acids is 1. The van der Waals surface area contributed by atoms with E-state index in [0.717, 1.165) is 17.3 Å².